The Morgan fingerprint density at radius 3 is 2.48 bits per heavy atom. The van der Waals surface area contributed by atoms with E-state index in [-0.39, 0.29) is 5.97 Å². The molecule has 0 aliphatic heterocycles. The minimum Gasteiger partial charge on any atom is -0.457 e. The molecule has 1 aromatic carbocycles. The normalized spacial score (nSPS) is 12.0. The van der Waals surface area contributed by atoms with Gasteiger partial charge in [0.05, 0.1) is 11.2 Å². The lowest BCUT2D eigenvalue weighted by molar-refractivity contribution is -0.148. The molecule has 25 heavy (non-hydrogen) atoms. The number of para-hydroxylation sites is 1. The minimum absolute atomic E-state index is 0.377. The second-order valence-corrected chi connectivity index (χ2v) is 6.78. The second-order valence-electron chi connectivity index (χ2n) is 6.78. The van der Waals surface area contributed by atoms with Gasteiger partial charge in [0.1, 0.15) is 5.60 Å². The Hall–Kier alpha value is -2.95. The van der Waals surface area contributed by atoms with Gasteiger partial charge in [-0.2, -0.15) is 0 Å². The Kier molecular flexibility index (Phi) is 4.40. The highest BCUT2D eigenvalue weighted by atomic mass is 16.6. The first-order valence-corrected chi connectivity index (χ1v) is 8.15. The number of hydrogen-bond donors (Lipinski definition) is 0. The first-order chi connectivity index (χ1) is 11.9. The summed E-state index contributed by atoms with van der Waals surface area (Å²) in [6, 6.07) is 9.81. The number of hydrogen-bond acceptors (Lipinski definition) is 4. The summed E-state index contributed by atoms with van der Waals surface area (Å²) in [4.78, 5) is 20.8. The maximum absolute atomic E-state index is 12.1. The predicted octanol–water partition coefficient (Wildman–Crippen LogP) is 4.08. The Bertz CT molecular complexity index is 935. The van der Waals surface area contributed by atoms with Crippen LogP contribution in [0.5, 0.6) is 0 Å². The molecule has 5 nitrogen and oxygen atoms in total. The van der Waals surface area contributed by atoms with Crippen LogP contribution in [0.15, 0.2) is 48.8 Å². The molecule has 0 bridgehead atoms. The van der Waals surface area contributed by atoms with Crippen molar-refractivity contribution in [2.75, 3.05) is 0 Å². The number of rotatable bonds is 3. The monoisotopic (exact) mass is 335 g/mol. The highest BCUT2D eigenvalue weighted by Crippen LogP contribution is 2.28. The minimum atomic E-state index is -0.522. The lowest BCUT2D eigenvalue weighted by Crippen LogP contribution is -2.22. The van der Waals surface area contributed by atoms with Gasteiger partial charge >= 0.3 is 5.97 Å². The van der Waals surface area contributed by atoms with E-state index in [0.29, 0.717) is 5.95 Å². The van der Waals surface area contributed by atoms with Gasteiger partial charge in [-0.05, 0) is 51.5 Å². The van der Waals surface area contributed by atoms with E-state index < -0.39 is 5.60 Å². The van der Waals surface area contributed by atoms with Crippen LogP contribution in [-0.2, 0) is 9.53 Å². The predicted molar refractivity (Wildman–Crippen MR) is 98.5 cm³/mol. The summed E-state index contributed by atoms with van der Waals surface area (Å²) in [6.45, 7) is 7.56. The SMILES string of the molecule is Cc1c(/C=C/C(=O)OC(C)(C)C)n(-c2ncccn2)c2ccccc12. The number of esters is 1. The molecular weight excluding hydrogens is 314 g/mol. The molecule has 0 fully saturated rings. The molecule has 0 N–H and O–H groups in total. The summed E-state index contributed by atoms with van der Waals surface area (Å²) < 4.78 is 7.30. The van der Waals surface area contributed by atoms with Crippen molar-refractivity contribution in [2.24, 2.45) is 0 Å². The van der Waals surface area contributed by atoms with Gasteiger partial charge in [0.25, 0.3) is 0 Å². The molecule has 0 spiro atoms. The molecule has 0 atom stereocenters. The molecule has 0 aliphatic rings. The average molecular weight is 335 g/mol. The zero-order chi connectivity index (χ0) is 18.0. The molecule has 5 heteroatoms. The highest BCUT2D eigenvalue weighted by Gasteiger charge is 2.17. The van der Waals surface area contributed by atoms with Gasteiger partial charge in [0.2, 0.25) is 5.95 Å². The number of benzene rings is 1. The van der Waals surface area contributed by atoms with Crippen molar-refractivity contribution in [3.8, 4) is 5.95 Å². The van der Waals surface area contributed by atoms with Gasteiger partial charge in [-0.3, -0.25) is 4.57 Å². The fourth-order valence-corrected chi connectivity index (χ4v) is 2.73. The van der Waals surface area contributed by atoms with Gasteiger partial charge in [0, 0.05) is 23.9 Å². The smallest absolute Gasteiger partial charge is 0.331 e. The zero-order valence-corrected chi connectivity index (χ0v) is 14.9. The summed E-state index contributed by atoms with van der Waals surface area (Å²) in [5.74, 6) is 0.188. The van der Waals surface area contributed by atoms with E-state index in [4.69, 9.17) is 4.74 Å². The van der Waals surface area contributed by atoms with E-state index in [9.17, 15) is 4.79 Å². The van der Waals surface area contributed by atoms with Gasteiger partial charge < -0.3 is 4.74 Å². The maximum atomic E-state index is 12.1. The lowest BCUT2D eigenvalue weighted by Gasteiger charge is -2.18. The standard InChI is InChI=1S/C20H21N3O2/c1-14-15-8-5-6-9-17(15)23(19-21-12-7-13-22-19)16(14)10-11-18(24)25-20(2,3)4/h5-13H,1-4H3/b11-10+. The van der Waals surface area contributed by atoms with Crippen molar-refractivity contribution >= 4 is 22.9 Å². The molecule has 0 unspecified atom stereocenters. The summed E-state index contributed by atoms with van der Waals surface area (Å²) in [7, 11) is 0. The first-order valence-electron chi connectivity index (χ1n) is 8.15. The van der Waals surface area contributed by atoms with E-state index in [1.165, 1.54) is 6.08 Å². The van der Waals surface area contributed by atoms with E-state index in [0.717, 1.165) is 22.2 Å². The fourth-order valence-electron chi connectivity index (χ4n) is 2.73. The van der Waals surface area contributed by atoms with Crippen molar-refractivity contribution in [3.63, 3.8) is 0 Å². The Morgan fingerprint density at radius 2 is 1.80 bits per heavy atom. The van der Waals surface area contributed by atoms with Gasteiger partial charge in [-0.1, -0.05) is 18.2 Å². The van der Waals surface area contributed by atoms with E-state index in [1.807, 2.05) is 50.5 Å². The third kappa shape index (κ3) is 3.60. The number of ether oxygens (including phenoxy) is 1. The lowest BCUT2D eigenvalue weighted by atomic mass is 10.1. The molecule has 0 aliphatic carbocycles. The van der Waals surface area contributed by atoms with E-state index in [1.54, 1.807) is 24.5 Å². The molecule has 3 aromatic rings. The average Bonchev–Trinajstić information content (AvgIpc) is 2.85. The number of nitrogens with zero attached hydrogens (tertiary/aromatic N) is 3. The van der Waals surface area contributed by atoms with Crippen molar-refractivity contribution in [2.45, 2.75) is 33.3 Å². The number of aromatic nitrogens is 3. The molecule has 2 aromatic heterocycles. The largest absolute Gasteiger partial charge is 0.457 e. The van der Waals surface area contributed by atoms with E-state index in [2.05, 4.69) is 16.0 Å². The van der Waals surface area contributed by atoms with Crippen LogP contribution in [0, 0.1) is 6.92 Å². The summed E-state index contributed by atoms with van der Waals surface area (Å²) in [5, 5.41) is 1.10. The molecule has 0 saturated carbocycles. The zero-order valence-electron chi connectivity index (χ0n) is 14.9. The van der Waals surface area contributed by atoms with Gasteiger partial charge in [0.15, 0.2) is 0 Å². The maximum Gasteiger partial charge on any atom is 0.331 e. The highest BCUT2D eigenvalue weighted by molar-refractivity contribution is 5.92. The van der Waals surface area contributed by atoms with Crippen LogP contribution in [0.3, 0.4) is 0 Å². The van der Waals surface area contributed by atoms with Crippen molar-refractivity contribution in [3.05, 3.63) is 60.1 Å². The van der Waals surface area contributed by atoms with Crippen LogP contribution in [0.25, 0.3) is 22.9 Å². The van der Waals surface area contributed by atoms with Crippen molar-refractivity contribution in [1.82, 2.24) is 14.5 Å². The first kappa shape index (κ1) is 16.9. The third-order valence-electron chi connectivity index (χ3n) is 3.71. The van der Waals surface area contributed by atoms with Crippen molar-refractivity contribution in [1.29, 1.82) is 0 Å². The molecular formula is C20H21N3O2. The van der Waals surface area contributed by atoms with Crippen LogP contribution < -0.4 is 0 Å². The Labute approximate surface area is 147 Å². The summed E-state index contributed by atoms with van der Waals surface area (Å²) in [5.41, 5.74) is 2.39. The van der Waals surface area contributed by atoms with Gasteiger partial charge in [-0.25, -0.2) is 14.8 Å². The summed E-state index contributed by atoms with van der Waals surface area (Å²) in [6.07, 6.45) is 6.62. The number of carbonyl (C=O) groups is 1. The topological polar surface area (TPSA) is 57.0 Å². The van der Waals surface area contributed by atoms with Gasteiger partial charge in [-0.15, -0.1) is 0 Å². The quantitative estimate of drug-likeness (QED) is 0.534. The van der Waals surface area contributed by atoms with Crippen LogP contribution in [0.1, 0.15) is 32.0 Å². The number of carbonyl (C=O) groups excluding carboxylic acids is 1. The van der Waals surface area contributed by atoms with Crippen LogP contribution >= 0.6 is 0 Å². The molecule has 2 heterocycles. The van der Waals surface area contributed by atoms with E-state index >= 15 is 0 Å². The van der Waals surface area contributed by atoms with Crippen molar-refractivity contribution < 1.29 is 9.53 Å². The number of aryl methyl sites for hydroxylation is 1. The molecule has 0 radical (unpaired) electrons. The second kappa shape index (κ2) is 6.51. The van der Waals surface area contributed by atoms with Crippen LogP contribution in [0.2, 0.25) is 0 Å². The Morgan fingerprint density at radius 1 is 1.12 bits per heavy atom. The third-order valence-corrected chi connectivity index (χ3v) is 3.71. The molecule has 0 amide bonds. The molecule has 128 valence electrons. The Balaban J connectivity index is 2.11. The molecule has 0 saturated heterocycles. The van der Waals surface area contributed by atoms with Crippen LogP contribution in [0.4, 0.5) is 0 Å². The fraction of sp³-hybridized carbons (Fsp3) is 0.250. The number of fused-ring (bicyclic) bond motifs is 1. The molecule has 3 rings (SSSR count). The summed E-state index contributed by atoms with van der Waals surface area (Å²) >= 11 is 0. The van der Waals surface area contributed by atoms with Crippen LogP contribution in [-0.4, -0.2) is 26.1 Å².